The van der Waals surface area contributed by atoms with Crippen LogP contribution in [0.1, 0.15) is 34.5 Å². The predicted molar refractivity (Wildman–Crippen MR) is 135 cm³/mol. The maximum absolute atomic E-state index is 13.9. The summed E-state index contributed by atoms with van der Waals surface area (Å²) in [5.74, 6) is 0.357. The Bertz CT molecular complexity index is 1450. The lowest BCUT2D eigenvalue weighted by Gasteiger charge is -2.47. The van der Waals surface area contributed by atoms with Gasteiger partial charge >= 0.3 is 0 Å². The molecule has 1 aromatic heterocycles. The number of aliphatic hydroxyl groups excluding tert-OH is 1. The van der Waals surface area contributed by atoms with Crippen molar-refractivity contribution < 1.29 is 19.4 Å². The average Bonchev–Trinajstić information content (AvgIpc) is 3.29. The van der Waals surface area contributed by atoms with Crippen molar-refractivity contribution in [2.24, 2.45) is 0 Å². The summed E-state index contributed by atoms with van der Waals surface area (Å²) in [5.41, 5.74) is 4.47. The monoisotopic (exact) mass is 481 g/mol. The van der Waals surface area contributed by atoms with Crippen LogP contribution in [-0.4, -0.2) is 57.9 Å². The minimum atomic E-state index is -0.869. The lowest BCUT2D eigenvalue weighted by atomic mass is 9.85. The molecule has 3 aromatic carbocycles. The predicted octanol–water partition coefficient (Wildman–Crippen LogP) is 3.60. The molecule has 0 unspecified atom stereocenters. The molecule has 0 radical (unpaired) electrons. The molecule has 1 saturated heterocycles. The first-order valence-electron chi connectivity index (χ1n) is 12.1. The normalized spacial score (nSPS) is 20.3. The molecule has 0 bridgehead atoms. The van der Waals surface area contributed by atoms with Crippen LogP contribution < -0.4 is 4.74 Å². The zero-order valence-electron chi connectivity index (χ0n) is 19.9. The topological polar surface area (TPSA) is 85.9 Å². The van der Waals surface area contributed by atoms with E-state index in [9.17, 15) is 14.7 Å². The molecule has 3 atom stereocenters. The standard InChI is InChI=1S/C29H27N3O4/c1-36-25-14-8-6-12-20(25)28-27-21(19-11-5-7-13-22(19)30-27)15-23-29(35)31(17-26(34)32(23)28)16-24(33)18-9-3-2-4-10-18/h2-14,23-24,28,30,33H,15-17H2,1H3/t23-,24-,28-/m0/s1. The number of methoxy groups -OCH3 is 1. The smallest absolute Gasteiger partial charge is 0.246 e. The second-order valence-electron chi connectivity index (χ2n) is 9.37. The van der Waals surface area contributed by atoms with Gasteiger partial charge in [-0.25, -0.2) is 0 Å². The van der Waals surface area contributed by atoms with Crippen molar-refractivity contribution in [1.29, 1.82) is 0 Å². The van der Waals surface area contributed by atoms with Crippen molar-refractivity contribution >= 4 is 22.7 Å². The van der Waals surface area contributed by atoms with Crippen LogP contribution in [-0.2, 0) is 16.0 Å². The number of benzene rings is 3. The number of carbonyl (C=O) groups is 2. The van der Waals surface area contributed by atoms with Gasteiger partial charge in [-0.2, -0.15) is 0 Å². The van der Waals surface area contributed by atoms with Crippen LogP contribution in [0.3, 0.4) is 0 Å². The van der Waals surface area contributed by atoms with Crippen LogP contribution in [0.4, 0.5) is 0 Å². The summed E-state index contributed by atoms with van der Waals surface area (Å²) in [5, 5.41) is 11.8. The summed E-state index contributed by atoms with van der Waals surface area (Å²) >= 11 is 0. The molecule has 6 rings (SSSR count). The fraction of sp³-hybridized carbons (Fsp3) is 0.241. The molecule has 182 valence electrons. The number of carbonyl (C=O) groups excluding carboxylic acids is 2. The first-order valence-corrected chi connectivity index (χ1v) is 12.1. The highest BCUT2D eigenvalue weighted by atomic mass is 16.5. The van der Waals surface area contributed by atoms with Crippen molar-refractivity contribution in [3.05, 3.63) is 101 Å². The molecule has 4 aromatic rings. The third kappa shape index (κ3) is 3.55. The van der Waals surface area contributed by atoms with Crippen molar-refractivity contribution in [3.63, 3.8) is 0 Å². The Kier molecular flexibility index (Phi) is 5.49. The van der Waals surface area contributed by atoms with E-state index in [4.69, 9.17) is 4.74 Å². The summed E-state index contributed by atoms with van der Waals surface area (Å²) < 4.78 is 5.67. The molecular formula is C29H27N3O4. The number of amides is 2. The molecule has 0 saturated carbocycles. The Morgan fingerprint density at radius 1 is 1.00 bits per heavy atom. The van der Waals surface area contributed by atoms with Gasteiger partial charge in [0, 0.05) is 28.6 Å². The highest BCUT2D eigenvalue weighted by Gasteiger charge is 2.49. The van der Waals surface area contributed by atoms with E-state index in [0.29, 0.717) is 12.2 Å². The van der Waals surface area contributed by atoms with Crippen LogP contribution in [0, 0.1) is 0 Å². The zero-order valence-corrected chi connectivity index (χ0v) is 19.9. The lowest BCUT2D eigenvalue weighted by molar-refractivity contribution is -0.159. The van der Waals surface area contributed by atoms with E-state index in [1.807, 2.05) is 78.9 Å². The van der Waals surface area contributed by atoms with E-state index < -0.39 is 18.2 Å². The Hall–Kier alpha value is -4.10. The van der Waals surface area contributed by atoms with Crippen LogP contribution in [0.2, 0.25) is 0 Å². The number of nitrogens with one attached hydrogen (secondary N) is 1. The maximum Gasteiger partial charge on any atom is 0.246 e. The van der Waals surface area contributed by atoms with Crippen molar-refractivity contribution in [3.8, 4) is 5.75 Å². The van der Waals surface area contributed by atoms with E-state index in [-0.39, 0.29) is 24.9 Å². The summed E-state index contributed by atoms with van der Waals surface area (Å²) in [6, 6.07) is 23.7. The molecule has 3 heterocycles. The average molecular weight is 482 g/mol. The Balaban J connectivity index is 1.43. The van der Waals surface area contributed by atoms with Crippen LogP contribution in [0.25, 0.3) is 10.9 Å². The maximum atomic E-state index is 13.9. The fourth-order valence-electron chi connectivity index (χ4n) is 5.68. The van der Waals surface area contributed by atoms with E-state index >= 15 is 0 Å². The second kappa shape index (κ2) is 8.84. The first-order chi connectivity index (χ1) is 17.6. The van der Waals surface area contributed by atoms with Crippen molar-refractivity contribution in [2.75, 3.05) is 20.2 Å². The minimum absolute atomic E-state index is 0.0684. The molecule has 2 aliphatic heterocycles. The number of piperazine rings is 1. The number of aliphatic hydroxyl groups is 1. The Labute approximate surface area is 208 Å². The quantitative estimate of drug-likeness (QED) is 0.456. The molecule has 2 aliphatic rings. The van der Waals surface area contributed by atoms with Gasteiger partial charge in [-0.15, -0.1) is 0 Å². The molecule has 7 nitrogen and oxygen atoms in total. The molecule has 1 fully saturated rings. The molecule has 2 amide bonds. The van der Waals surface area contributed by atoms with Gasteiger partial charge in [0.15, 0.2) is 0 Å². The first kappa shape index (κ1) is 22.4. The number of β-amino-alcohol motifs (C(OH)–C–C–N with tert-alkyl or cyclic N) is 1. The van der Waals surface area contributed by atoms with Crippen LogP contribution in [0.15, 0.2) is 78.9 Å². The van der Waals surface area contributed by atoms with Gasteiger partial charge in [0.2, 0.25) is 11.8 Å². The SMILES string of the molecule is COc1ccccc1[C@H]1c2[nH]c3ccccc3c2C[C@H]2C(=O)N(C[C@H](O)c3ccccc3)CC(=O)N12. The number of para-hydroxylation sites is 2. The molecular weight excluding hydrogens is 454 g/mol. The number of nitrogens with zero attached hydrogens (tertiary/aromatic N) is 2. The fourth-order valence-corrected chi connectivity index (χ4v) is 5.68. The third-order valence-corrected chi connectivity index (χ3v) is 7.35. The Morgan fingerprint density at radius 2 is 1.72 bits per heavy atom. The largest absolute Gasteiger partial charge is 0.496 e. The summed E-state index contributed by atoms with van der Waals surface area (Å²) in [7, 11) is 1.61. The Morgan fingerprint density at radius 3 is 2.53 bits per heavy atom. The molecule has 7 heteroatoms. The van der Waals surface area contributed by atoms with Crippen LogP contribution in [0.5, 0.6) is 5.75 Å². The molecule has 36 heavy (non-hydrogen) atoms. The molecule has 0 spiro atoms. The third-order valence-electron chi connectivity index (χ3n) is 7.35. The summed E-state index contributed by atoms with van der Waals surface area (Å²) in [6.45, 7) is -0.0145. The minimum Gasteiger partial charge on any atom is -0.496 e. The van der Waals surface area contributed by atoms with Gasteiger partial charge in [-0.1, -0.05) is 66.7 Å². The van der Waals surface area contributed by atoms with Crippen molar-refractivity contribution in [1.82, 2.24) is 14.8 Å². The number of hydrogen-bond donors (Lipinski definition) is 2. The number of hydrogen-bond acceptors (Lipinski definition) is 4. The van der Waals surface area contributed by atoms with E-state index in [1.165, 1.54) is 4.90 Å². The number of rotatable bonds is 5. The lowest BCUT2D eigenvalue weighted by Crippen LogP contribution is -2.63. The van der Waals surface area contributed by atoms with Crippen LogP contribution >= 0.6 is 0 Å². The van der Waals surface area contributed by atoms with Crippen molar-refractivity contribution in [2.45, 2.75) is 24.6 Å². The van der Waals surface area contributed by atoms with Gasteiger partial charge in [0.05, 0.1) is 26.3 Å². The zero-order chi connectivity index (χ0) is 24.8. The number of fused-ring (bicyclic) bond motifs is 4. The summed E-state index contributed by atoms with van der Waals surface area (Å²) in [4.78, 5) is 34.3. The van der Waals surface area contributed by atoms with Gasteiger partial charge in [-0.3, -0.25) is 9.59 Å². The van der Waals surface area contributed by atoms with Gasteiger partial charge in [0.25, 0.3) is 0 Å². The molecule has 0 aliphatic carbocycles. The number of aromatic nitrogens is 1. The molecule has 2 N–H and O–H groups in total. The van der Waals surface area contributed by atoms with E-state index in [1.54, 1.807) is 12.0 Å². The second-order valence-corrected chi connectivity index (χ2v) is 9.37. The number of aromatic amines is 1. The van der Waals surface area contributed by atoms with E-state index in [0.717, 1.165) is 33.3 Å². The highest BCUT2D eigenvalue weighted by Crippen LogP contribution is 2.44. The van der Waals surface area contributed by atoms with Gasteiger partial charge in [0.1, 0.15) is 17.8 Å². The van der Waals surface area contributed by atoms with E-state index in [2.05, 4.69) is 4.98 Å². The number of ether oxygens (including phenoxy) is 1. The highest BCUT2D eigenvalue weighted by molar-refractivity contribution is 5.97. The van der Waals surface area contributed by atoms with Gasteiger partial charge in [-0.05, 0) is 23.3 Å². The van der Waals surface area contributed by atoms with Gasteiger partial charge < -0.3 is 24.6 Å². The number of H-pyrrole nitrogens is 1. The summed E-state index contributed by atoms with van der Waals surface area (Å²) in [6.07, 6.45) is -0.459.